The van der Waals surface area contributed by atoms with Gasteiger partial charge in [0.1, 0.15) is 5.15 Å². The number of aromatic nitrogens is 1. The van der Waals surface area contributed by atoms with Gasteiger partial charge in [-0.25, -0.2) is 4.98 Å². The Balaban J connectivity index is 2.93. The molecule has 1 aromatic rings. The van der Waals surface area contributed by atoms with Crippen LogP contribution in [-0.4, -0.2) is 4.98 Å². The van der Waals surface area contributed by atoms with Crippen molar-refractivity contribution in [3.8, 4) is 12.1 Å². The van der Waals surface area contributed by atoms with Crippen LogP contribution in [0.15, 0.2) is 31.0 Å². The molecule has 0 aromatic carbocycles. The van der Waals surface area contributed by atoms with Crippen molar-refractivity contribution in [3.63, 3.8) is 0 Å². The molecule has 3 nitrogen and oxygen atoms in total. The number of pyridine rings is 1. The van der Waals surface area contributed by atoms with Crippen molar-refractivity contribution >= 4 is 11.6 Å². The predicted octanol–water partition coefficient (Wildman–Crippen LogP) is 2.89. The van der Waals surface area contributed by atoms with E-state index in [0.717, 1.165) is 5.56 Å². The Morgan fingerprint density at radius 3 is 2.56 bits per heavy atom. The van der Waals surface area contributed by atoms with Crippen LogP contribution >= 0.6 is 11.6 Å². The lowest BCUT2D eigenvalue weighted by molar-refractivity contribution is 0.526. The van der Waals surface area contributed by atoms with Gasteiger partial charge >= 0.3 is 0 Å². The molecule has 1 heterocycles. The Labute approximate surface area is 99.6 Å². The monoisotopic (exact) mass is 231 g/mol. The maximum Gasteiger partial charge on any atom is 0.151 e. The van der Waals surface area contributed by atoms with E-state index in [1.807, 2.05) is 12.1 Å². The summed E-state index contributed by atoms with van der Waals surface area (Å²) in [7, 11) is 0. The summed E-state index contributed by atoms with van der Waals surface area (Å²) in [6.07, 6.45) is 3.82. The highest BCUT2D eigenvalue weighted by Crippen LogP contribution is 2.26. The van der Waals surface area contributed by atoms with Gasteiger partial charge in [-0.1, -0.05) is 23.7 Å². The van der Waals surface area contributed by atoms with Crippen molar-refractivity contribution in [2.24, 2.45) is 5.41 Å². The first kappa shape index (κ1) is 12.2. The Bertz CT molecular complexity index is 437. The molecule has 0 amide bonds. The van der Waals surface area contributed by atoms with Crippen LogP contribution in [0.1, 0.15) is 12.0 Å². The quantitative estimate of drug-likeness (QED) is 0.591. The Hall–Kier alpha value is -1.84. The smallest absolute Gasteiger partial charge is 0.151 e. The summed E-state index contributed by atoms with van der Waals surface area (Å²) >= 11 is 5.65. The fourth-order valence-corrected chi connectivity index (χ4v) is 1.49. The van der Waals surface area contributed by atoms with Crippen LogP contribution in [0.4, 0.5) is 0 Å². The van der Waals surface area contributed by atoms with Gasteiger partial charge in [-0.05, 0) is 18.1 Å². The zero-order valence-corrected chi connectivity index (χ0v) is 9.41. The number of nitriles is 2. The maximum atomic E-state index is 9.06. The van der Waals surface area contributed by atoms with Crippen LogP contribution in [-0.2, 0) is 6.42 Å². The van der Waals surface area contributed by atoms with Gasteiger partial charge in [-0.2, -0.15) is 10.5 Å². The van der Waals surface area contributed by atoms with E-state index in [-0.39, 0.29) is 0 Å². The fraction of sp³-hybridized carbons (Fsp3) is 0.250. The Morgan fingerprint density at radius 1 is 1.44 bits per heavy atom. The second kappa shape index (κ2) is 5.30. The van der Waals surface area contributed by atoms with Gasteiger partial charge < -0.3 is 0 Å². The molecule has 0 aliphatic rings. The van der Waals surface area contributed by atoms with Gasteiger partial charge in [0, 0.05) is 12.6 Å². The van der Waals surface area contributed by atoms with E-state index in [2.05, 4.69) is 11.6 Å². The van der Waals surface area contributed by atoms with Crippen LogP contribution in [0.3, 0.4) is 0 Å². The number of allylic oxidation sites excluding steroid dienone is 1. The SMILES string of the molecule is C=CCC(C#N)(C#N)Cc1ccc(Cl)nc1. The summed E-state index contributed by atoms with van der Waals surface area (Å²) in [5.74, 6) is 0. The van der Waals surface area contributed by atoms with Crippen molar-refractivity contribution in [2.45, 2.75) is 12.8 Å². The minimum atomic E-state index is -1.06. The molecule has 0 atom stereocenters. The minimum absolute atomic E-state index is 0.330. The zero-order chi connectivity index (χ0) is 12.0. The first-order valence-corrected chi connectivity index (χ1v) is 5.07. The third kappa shape index (κ3) is 2.82. The molecule has 0 aliphatic heterocycles. The molecular formula is C12H10ClN3. The zero-order valence-electron chi connectivity index (χ0n) is 8.65. The van der Waals surface area contributed by atoms with Crippen LogP contribution in [0.5, 0.6) is 0 Å². The maximum absolute atomic E-state index is 9.06. The molecule has 0 spiro atoms. The summed E-state index contributed by atoms with van der Waals surface area (Å²) in [5.41, 5.74) is -0.244. The highest BCUT2D eigenvalue weighted by Gasteiger charge is 2.28. The van der Waals surface area contributed by atoms with Gasteiger partial charge in [0.25, 0.3) is 0 Å². The van der Waals surface area contributed by atoms with Gasteiger partial charge in [0.2, 0.25) is 0 Å². The highest BCUT2D eigenvalue weighted by molar-refractivity contribution is 6.29. The molecule has 4 heteroatoms. The average Bonchev–Trinajstić information content (AvgIpc) is 2.31. The Morgan fingerprint density at radius 2 is 2.12 bits per heavy atom. The number of halogens is 1. The van der Waals surface area contributed by atoms with Crippen LogP contribution < -0.4 is 0 Å². The van der Waals surface area contributed by atoms with Gasteiger partial charge in [-0.15, -0.1) is 6.58 Å². The van der Waals surface area contributed by atoms with Gasteiger partial charge in [-0.3, -0.25) is 0 Å². The molecule has 0 fully saturated rings. The van der Waals surface area contributed by atoms with E-state index >= 15 is 0 Å². The molecule has 0 saturated carbocycles. The minimum Gasteiger partial charge on any atom is -0.244 e. The molecule has 0 radical (unpaired) electrons. The number of rotatable bonds is 4. The molecule has 1 aromatic heterocycles. The van der Waals surface area contributed by atoms with E-state index in [1.165, 1.54) is 0 Å². The van der Waals surface area contributed by atoms with Crippen molar-refractivity contribution in [2.75, 3.05) is 0 Å². The fourth-order valence-electron chi connectivity index (χ4n) is 1.37. The molecule has 1 rings (SSSR count). The van der Waals surface area contributed by atoms with Crippen molar-refractivity contribution in [1.29, 1.82) is 10.5 Å². The predicted molar refractivity (Wildman–Crippen MR) is 61.4 cm³/mol. The average molecular weight is 232 g/mol. The van der Waals surface area contributed by atoms with Crippen LogP contribution in [0, 0.1) is 28.1 Å². The second-order valence-corrected chi connectivity index (χ2v) is 3.85. The summed E-state index contributed by atoms with van der Waals surface area (Å²) in [6, 6.07) is 7.48. The molecule has 0 N–H and O–H groups in total. The molecule has 0 aliphatic carbocycles. The number of nitrogens with zero attached hydrogens (tertiary/aromatic N) is 3. The lowest BCUT2D eigenvalue weighted by atomic mass is 9.82. The summed E-state index contributed by atoms with van der Waals surface area (Å²) in [4.78, 5) is 3.91. The topological polar surface area (TPSA) is 60.5 Å². The van der Waals surface area contributed by atoms with E-state index < -0.39 is 5.41 Å². The second-order valence-electron chi connectivity index (χ2n) is 3.46. The Kier molecular flexibility index (Phi) is 4.05. The molecule has 0 bridgehead atoms. The summed E-state index contributed by atoms with van der Waals surface area (Å²) in [5, 5.41) is 18.5. The van der Waals surface area contributed by atoms with Crippen molar-refractivity contribution in [1.82, 2.24) is 4.98 Å². The molecule has 16 heavy (non-hydrogen) atoms. The van der Waals surface area contributed by atoms with Crippen LogP contribution in [0.2, 0.25) is 5.15 Å². The lowest BCUT2D eigenvalue weighted by Crippen LogP contribution is -2.18. The molecule has 80 valence electrons. The van der Waals surface area contributed by atoms with E-state index in [1.54, 1.807) is 24.4 Å². The van der Waals surface area contributed by atoms with Gasteiger partial charge in [0.15, 0.2) is 5.41 Å². The summed E-state index contributed by atoms with van der Waals surface area (Å²) in [6.45, 7) is 3.56. The van der Waals surface area contributed by atoms with Crippen molar-refractivity contribution in [3.05, 3.63) is 41.7 Å². The largest absolute Gasteiger partial charge is 0.244 e. The first-order chi connectivity index (χ1) is 7.65. The third-order valence-electron chi connectivity index (χ3n) is 2.22. The van der Waals surface area contributed by atoms with Crippen LogP contribution in [0.25, 0.3) is 0 Å². The van der Waals surface area contributed by atoms with Gasteiger partial charge in [0.05, 0.1) is 12.1 Å². The molecular weight excluding hydrogens is 222 g/mol. The number of hydrogen-bond donors (Lipinski definition) is 0. The highest BCUT2D eigenvalue weighted by atomic mass is 35.5. The molecule has 0 saturated heterocycles. The summed E-state index contributed by atoms with van der Waals surface area (Å²) < 4.78 is 0. The van der Waals surface area contributed by atoms with E-state index in [4.69, 9.17) is 22.1 Å². The molecule has 0 unspecified atom stereocenters. The third-order valence-corrected chi connectivity index (χ3v) is 2.44. The number of hydrogen-bond acceptors (Lipinski definition) is 3. The van der Waals surface area contributed by atoms with E-state index in [0.29, 0.717) is 18.0 Å². The lowest BCUT2D eigenvalue weighted by Gasteiger charge is -2.15. The first-order valence-electron chi connectivity index (χ1n) is 4.69. The van der Waals surface area contributed by atoms with E-state index in [9.17, 15) is 0 Å². The normalized spacial score (nSPS) is 10.2. The standard InChI is InChI=1S/C12H10ClN3/c1-2-5-12(8-14,9-15)6-10-3-4-11(13)16-7-10/h2-4,7H,1,5-6H2. The van der Waals surface area contributed by atoms with Crippen molar-refractivity contribution < 1.29 is 0 Å².